The Labute approximate surface area is 168 Å². The minimum absolute atomic E-state index is 0.197. The summed E-state index contributed by atoms with van der Waals surface area (Å²) in [6, 6.07) is 2.38. The van der Waals surface area contributed by atoms with Crippen LogP contribution >= 0.6 is 0 Å². The molecule has 150 valence electrons. The molecule has 0 N–H and O–H groups in total. The monoisotopic (exact) mass is 367 g/mol. The molecule has 1 unspecified atom stereocenters. The SMILES string of the molecule is CC.CC.CC1=C(c2cc(C(C)(C)C)cn2C)C=C(C2C=CC=CC2)CC1. The number of aryl methyl sites for hydroxylation is 1. The maximum absolute atomic E-state index is 2.47. The van der Waals surface area contributed by atoms with E-state index in [1.807, 2.05) is 27.7 Å². The van der Waals surface area contributed by atoms with Crippen molar-refractivity contribution >= 4 is 5.57 Å². The van der Waals surface area contributed by atoms with E-state index in [0.717, 1.165) is 6.42 Å². The van der Waals surface area contributed by atoms with Crippen molar-refractivity contribution in [3.05, 3.63) is 65.0 Å². The van der Waals surface area contributed by atoms with Crippen LogP contribution in [-0.2, 0) is 12.5 Å². The lowest BCUT2D eigenvalue weighted by Gasteiger charge is -2.24. The third-order valence-corrected chi connectivity index (χ3v) is 5.18. The molecule has 0 saturated heterocycles. The summed E-state index contributed by atoms with van der Waals surface area (Å²) in [5, 5.41) is 0. The predicted molar refractivity (Wildman–Crippen MR) is 123 cm³/mol. The number of nitrogens with zero attached hydrogens (tertiary/aromatic N) is 1. The van der Waals surface area contributed by atoms with E-state index in [1.165, 1.54) is 35.2 Å². The summed E-state index contributed by atoms with van der Waals surface area (Å²) in [6.45, 7) is 17.2. The molecule has 1 atom stereocenters. The van der Waals surface area contributed by atoms with E-state index in [1.54, 1.807) is 5.57 Å². The summed E-state index contributed by atoms with van der Waals surface area (Å²) >= 11 is 0. The summed E-state index contributed by atoms with van der Waals surface area (Å²) in [4.78, 5) is 0. The van der Waals surface area contributed by atoms with Crippen LogP contribution in [0.1, 0.15) is 85.9 Å². The van der Waals surface area contributed by atoms with Crippen LogP contribution in [0.15, 0.2) is 53.8 Å². The highest BCUT2D eigenvalue weighted by molar-refractivity contribution is 5.77. The standard InChI is InChI=1S/C22H29N.2C2H6/c1-16-11-12-18(17-9-7-6-8-10-17)13-20(16)21-14-19(15-23(21)5)22(2,3)4;2*1-2/h6-9,13-15,17H,10-12H2,1-5H3;2*1-2H3. The molecule has 0 aliphatic heterocycles. The molecule has 1 heterocycles. The second-order valence-corrected chi connectivity index (χ2v) is 8.04. The fourth-order valence-corrected chi connectivity index (χ4v) is 3.53. The molecule has 0 spiro atoms. The van der Waals surface area contributed by atoms with Gasteiger partial charge in [0, 0.05) is 24.9 Å². The molecule has 0 radical (unpaired) electrons. The van der Waals surface area contributed by atoms with Crippen molar-refractivity contribution < 1.29 is 0 Å². The first kappa shape index (κ1) is 23.3. The van der Waals surface area contributed by atoms with Crippen molar-refractivity contribution in [2.75, 3.05) is 0 Å². The molecule has 1 heteroatoms. The van der Waals surface area contributed by atoms with Gasteiger partial charge in [-0.15, -0.1) is 0 Å². The van der Waals surface area contributed by atoms with E-state index in [-0.39, 0.29) is 5.41 Å². The molecular formula is C26H41N. The molecule has 2 aliphatic rings. The van der Waals surface area contributed by atoms with Gasteiger partial charge in [-0.2, -0.15) is 0 Å². The van der Waals surface area contributed by atoms with Gasteiger partial charge in [0.2, 0.25) is 0 Å². The molecule has 1 nitrogen and oxygen atoms in total. The van der Waals surface area contributed by atoms with Gasteiger partial charge in [-0.05, 0) is 48.8 Å². The van der Waals surface area contributed by atoms with E-state index < -0.39 is 0 Å². The van der Waals surface area contributed by atoms with Crippen LogP contribution in [0.2, 0.25) is 0 Å². The van der Waals surface area contributed by atoms with Crippen molar-refractivity contribution in [1.82, 2.24) is 4.57 Å². The number of hydrogen-bond donors (Lipinski definition) is 0. The van der Waals surface area contributed by atoms with Gasteiger partial charge in [0.15, 0.2) is 0 Å². The molecule has 0 aromatic carbocycles. The molecular weight excluding hydrogens is 326 g/mol. The number of aromatic nitrogens is 1. The smallest absolute Gasteiger partial charge is 0.0480 e. The Morgan fingerprint density at radius 2 is 1.67 bits per heavy atom. The maximum atomic E-state index is 2.47. The van der Waals surface area contributed by atoms with Gasteiger partial charge in [0.1, 0.15) is 0 Å². The lowest BCUT2D eigenvalue weighted by Crippen LogP contribution is -2.09. The average molecular weight is 368 g/mol. The van der Waals surface area contributed by atoms with Crippen LogP contribution in [0.4, 0.5) is 0 Å². The van der Waals surface area contributed by atoms with E-state index >= 15 is 0 Å². The van der Waals surface area contributed by atoms with Crippen LogP contribution < -0.4 is 0 Å². The zero-order valence-electron chi connectivity index (χ0n) is 19.2. The van der Waals surface area contributed by atoms with Gasteiger partial charge in [-0.25, -0.2) is 0 Å². The summed E-state index contributed by atoms with van der Waals surface area (Å²) < 4.78 is 2.30. The van der Waals surface area contributed by atoms with Crippen LogP contribution in [-0.4, -0.2) is 4.57 Å². The lowest BCUT2D eigenvalue weighted by molar-refractivity contribution is 0.589. The zero-order chi connectivity index (χ0) is 20.6. The summed E-state index contributed by atoms with van der Waals surface area (Å²) in [5.41, 5.74) is 7.52. The fourth-order valence-electron chi connectivity index (χ4n) is 3.53. The van der Waals surface area contributed by atoms with Gasteiger partial charge in [0.05, 0.1) is 0 Å². The van der Waals surface area contributed by atoms with E-state index in [2.05, 4.69) is 82.0 Å². The molecule has 0 fully saturated rings. The highest BCUT2D eigenvalue weighted by Gasteiger charge is 2.22. The normalized spacial score (nSPS) is 19.0. The molecule has 2 aliphatic carbocycles. The largest absolute Gasteiger partial charge is 0.350 e. The molecule has 0 bridgehead atoms. The van der Waals surface area contributed by atoms with Crippen LogP contribution in [0.25, 0.3) is 5.57 Å². The number of hydrogen-bond acceptors (Lipinski definition) is 0. The Balaban J connectivity index is 0.000000855. The van der Waals surface area contributed by atoms with Crippen LogP contribution in [0.3, 0.4) is 0 Å². The summed E-state index contributed by atoms with van der Waals surface area (Å²) in [5.74, 6) is 0.588. The Kier molecular flexibility index (Phi) is 9.09. The van der Waals surface area contributed by atoms with Crippen molar-refractivity contribution in [3.63, 3.8) is 0 Å². The Bertz CT molecular complexity index is 714. The zero-order valence-corrected chi connectivity index (χ0v) is 19.2. The van der Waals surface area contributed by atoms with Gasteiger partial charge >= 0.3 is 0 Å². The Morgan fingerprint density at radius 1 is 1.00 bits per heavy atom. The first-order valence-electron chi connectivity index (χ1n) is 10.8. The highest BCUT2D eigenvalue weighted by Crippen LogP contribution is 2.37. The van der Waals surface area contributed by atoms with E-state index in [4.69, 9.17) is 0 Å². The predicted octanol–water partition coefficient (Wildman–Crippen LogP) is 8.00. The Morgan fingerprint density at radius 3 is 2.19 bits per heavy atom. The van der Waals surface area contributed by atoms with E-state index in [0.29, 0.717) is 5.92 Å². The third kappa shape index (κ3) is 5.86. The highest BCUT2D eigenvalue weighted by atomic mass is 14.9. The summed E-state index contributed by atoms with van der Waals surface area (Å²) in [6.07, 6.45) is 17.3. The minimum atomic E-state index is 0.197. The van der Waals surface area contributed by atoms with Crippen LogP contribution in [0, 0.1) is 5.92 Å². The Hall–Kier alpha value is -1.76. The molecule has 27 heavy (non-hydrogen) atoms. The molecule has 0 amide bonds. The van der Waals surface area contributed by atoms with Crippen molar-refractivity contribution in [3.8, 4) is 0 Å². The second kappa shape index (κ2) is 10.5. The van der Waals surface area contributed by atoms with Gasteiger partial charge in [-0.3, -0.25) is 0 Å². The van der Waals surface area contributed by atoms with Gasteiger partial charge in [-0.1, -0.05) is 90.0 Å². The first-order chi connectivity index (χ1) is 12.9. The molecule has 3 rings (SSSR count). The molecule has 1 aromatic heterocycles. The fraction of sp³-hybridized carbons (Fsp3) is 0.538. The average Bonchev–Trinajstić information content (AvgIpc) is 3.08. The number of allylic oxidation sites excluding steroid dienone is 8. The quantitative estimate of drug-likeness (QED) is 0.499. The lowest BCUT2D eigenvalue weighted by atomic mass is 9.82. The van der Waals surface area contributed by atoms with Crippen molar-refractivity contribution in [1.29, 1.82) is 0 Å². The second-order valence-electron chi connectivity index (χ2n) is 8.04. The van der Waals surface area contributed by atoms with Crippen molar-refractivity contribution in [2.24, 2.45) is 13.0 Å². The third-order valence-electron chi connectivity index (χ3n) is 5.18. The number of rotatable bonds is 2. The van der Waals surface area contributed by atoms with Gasteiger partial charge in [0.25, 0.3) is 0 Å². The summed E-state index contributed by atoms with van der Waals surface area (Å²) in [7, 11) is 2.18. The minimum Gasteiger partial charge on any atom is -0.350 e. The maximum Gasteiger partial charge on any atom is 0.0480 e. The molecule has 0 saturated carbocycles. The first-order valence-corrected chi connectivity index (χ1v) is 10.8. The van der Waals surface area contributed by atoms with Gasteiger partial charge < -0.3 is 4.57 Å². The topological polar surface area (TPSA) is 4.93 Å². The molecule has 1 aromatic rings. The van der Waals surface area contributed by atoms with Crippen molar-refractivity contribution in [2.45, 2.75) is 80.1 Å². The van der Waals surface area contributed by atoms with E-state index in [9.17, 15) is 0 Å². The van der Waals surface area contributed by atoms with Crippen LogP contribution in [0.5, 0.6) is 0 Å².